The van der Waals surface area contributed by atoms with Crippen molar-refractivity contribution in [1.82, 2.24) is 4.90 Å². The molecule has 0 saturated carbocycles. The van der Waals surface area contributed by atoms with Gasteiger partial charge in [0.25, 0.3) is 0 Å². The first-order valence-electron chi connectivity index (χ1n) is 7.85. The number of nitrogens with one attached hydrogen (secondary N) is 1. The van der Waals surface area contributed by atoms with Crippen LogP contribution in [0.3, 0.4) is 0 Å². The van der Waals surface area contributed by atoms with Crippen molar-refractivity contribution >= 4 is 17.7 Å². The van der Waals surface area contributed by atoms with E-state index < -0.39 is 5.54 Å². The van der Waals surface area contributed by atoms with Crippen molar-refractivity contribution < 1.29 is 4.79 Å². The van der Waals surface area contributed by atoms with E-state index >= 15 is 0 Å². The highest BCUT2D eigenvalue weighted by Crippen LogP contribution is 2.47. The average molecular weight is 302 g/mol. The summed E-state index contributed by atoms with van der Waals surface area (Å²) < 4.78 is 0. The Morgan fingerprint density at radius 3 is 2.57 bits per heavy atom. The van der Waals surface area contributed by atoms with Crippen molar-refractivity contribution in [2.45, 2.75) is 25.3 Å². The van der Waals surface area contributed by atoms with Gasteiger partial charge in [-0.15, -0.1) is 0 Å². The molecule has 3 heteroatoms. The zero-order chi connectivity index (χ0) is 16.0. The van der Waals surface area contributed by atoms with Gasteiger partial charge in [0.05, 0.1) is 6.42 Å². The zero-order valence-electron chi connectivity index (χ0n) is 13.0. The molecule has 2 aliphatic rings. The molecule has 114 valence electrons. The van der Waals surface area contributed by atoms with Crippen LogP contribution in [-0.4, -0.2) is 16.5 Å². The quantitative estimate of drug-likeness (QED) is 0.902. The molecule has 3 nitrogen and oxygen atoms in total. The topological polar surface area (TPSA) is 44.2 Å². The van der Waals surface area contributed by atoms with Gasteiger partial charge in [-0.1, -0.05) is 54.6 Å². The molecule has 23 heavy (non-hydrogen) atoms. The molecule has 0 bridgehead atoms. The SMILES string of the molecule is CC1=Cc2ccccc2C2(Cc3ccccc3)C(=N)CC(=O)N12. The largest absolute Gasteiger partial charge is 0.306 e. The fourth-order valence-electron chi connectivity index (χ4n) is 3.97. The smallest absolute Gasteiger partial charge is 0.233 e. The lowest BCUT2D eigenvalue weighted by Gasteiger charge is -2.43. The summed E-state index contributed by atoms with van der Waals surface area (Å²) in [5.74, 6) is 0.0224. The Hall–Kier alpha value is -2.68. The number of fused-ring (bicyclic) bond motifs is 3. The monoisotopic (exact) mass is 302 g/mol. The predicted molar refractivity (Wildman–Crippen MR) is 91.1 cm³/mol. The first-order chi connectivity index (χ1) is 11.1. The number of benzene rings is 2. The van der Waals surface area contributed by atoms with E-state index in [1.165, 1.54) is 0 Å². The Labute approximate surface area is 135 Å². The van der Waals surface area contributed by atoms with E-state index in [1.807, 2.05) is 42.2 Å². The van der Waals surface area contributed by atoms with E-state index in [0.29, 0.717) is 12.1 Å². The van der Waals surface area contributed by atoms with E-state index in [-0.39, 0.29) is 12.3 Å². The third kappa shape index (κ3) is 1.89. The first-order valence-corrected chi connectivity index (χ1v) is 7.85. The van der Waals surface area contributed by atoms with Gasteiger partial charge in [-0.05, 0) is 29.7 Å². The Morgan fingerprint density at radius 2 is 1.78 bits per heavy atom. The summed E-state index contributed by atoms with van der Waals surface area (Å²) in [6.45, 7) is 1.96. The molecule has 1 unspecified atom stereocenters. The summed E-state index contributed by atoms with van der Waals surface area (Å²) in [4.78, 5) is 14.4. The molecule has 0 aromatic heterocycles. The Bertz CT molecular complexity index is 838. The Kier molecular flexibility index (Phi) is 2.98. The van der Waals surface area contributed by atoms with Crippen molar-refractivity contribution in [3.8, 4) is 0 Å². The Balaban J connectivity index is 1.96. The summed E-state index contributed by atoms with van der Waals surface area (Å²) in [6, 6.07) is 18.3. The maximum Gasteiger partial charge on any atom is 0.233 e. The third-order valence-corrected chi connectivity index (χ3v) is 4.88. The number of hydrogen-bond acceptors (Lipinski definition) is 2. The van der Waals surface area contributed by atoms with E-state index in [0.717, 1.165) is 22.4 Å². The van der Waals surface area contributed by atoms with Crippen molar-refractivity contribution in [2.75, 3.05) is 0 Å². The molecule has 4 rings (SSSR count). The average Bonchev–Trinajstić information content (AvgIpc) is 2.80. The number of amides is 1. The lowest BCUT2D eigenvalue weighted by atomic mass is 9.76. The highest BCUT2D eigenvalue weighted by molar-refractivity contribution is 6.14. The van der Waals surface area contributed by atoms with Crippen LogP contribution in [0.1, 0.15) is 30.0 Å². The number of carbonyl (C=O) groups excluding carboxylic acids is 1. The van der Waals surface area contributed by atoms with Crippen LogP contribution in [0.4, 0.5) is 0 Å². The molecule has 2 aromatic rings. The van der Waals surface area contributed by atoms with Crippen LogP contribution in [0.2, 0.25) is 0 Å². The number of hydrogen-bond donors (Lipinski definition) is 1. The number of allylic oxidation sites excluding steroid dienone is 1. The van der Waals surface area contributed by atoms with Crippen LogP contribution in [0, 0.1) is 5.41 Å². The van der Waals surface area contributed by atoms with Crippen LogP contribution in [0.15, 0.2) is 60.3 Å². The molecule has 1 saturated heterocycles. The molecule has 0 aliphatic carbocycles. The lowest BCUT2D eigenvalue weighted by molar-refractivity contribution is -0.129. The van der Waals surface area contributed by atoms with E-state index in [9.17, 15) is 4.79 Å². The van der Waals surface area contributed by atoms with Crippen LogP contribution < -0.4 is 0 Å². The number of rotatable bonds is 2. The van der Waals surface area contributed by atoms with Crippen molar-refractivity contribution in [3.05, 3.63) is 77.0 Å². The van der Waals surface area contributed by atoms with Gasteiger partial charge in [0, 0.05) is 17.8 Å². The summed E-state index contributed by atoms with van der Waals surface area (Å²) in [7, 11) is 0. The van der Waals surface area contributed by atoms with Gasteiger partial charge in [-0.3, -0.25) is 4.79 Å². The molecular weight excluding hydrogens is 284 g/mol. The molecule has 0 radical (unpaired) electrons. The van der Waals surface area contributed by atoms with Gasteiger partial charge >= 0.3 is 0 Å². The second kappa shape index (κ2) is 4.92. The number of carbonyl (C=O) groups is 1. The van der Waals surface area contributed by atoms with Gasteiger partial charge in [0.1, 0.15) is 5.54 Å². The summed E-state index contributed by atoms with van der Waals surface area (Å²) in [5.41, 5.74) is 4.05. The summed E-state index contributed by atoms with van der Waals surface area (Å²) in [6.07, 6.45) is 2.89. The second-order valence-electron chi connectivity index (χ2n) is 6.28. The molecule has 1 amide bonds. The minimum absolute atomic E-state index is 0.0224. The van der Waals surface area contributed by atoms with Crippen molar-refractivity contribution in [2.24, 2.45) is 0 Å². The third-order valence-electron chi connectivity index (χ3n) is 4.88. The number of nitrogens with zero attached hydrogens (tertiary/aromatic N) is 1. The lowest BCUT2D eigenvalue weighted by Crippen LogP contribution is -2.49. The molecule has 1 atom stereocenters. The van der Waals surface area contributed by atoms with Gasteiger partial charge in [0.2, 0.25) is 5.91 Å². The van der Waals surface area contributed by atoms with Gasteiger partial charge in [-0.2, -0.15) is 0 Å². The second-order valence-corrected chi connectivity index (χ2v) is 6.28. The molecule has 1 fully saturated rings. The molecular formula is C20H18N2O. The molecule has 2 aliphatic heterocycles. The van der Waals surface area contributed by atoms with Gasteiger partial charge in [-0.25, -0.2) is 0 Å². The van der Waals surface area contributed by atoms with Crippen LogP contribution >= 0.6 is 0 Å². The summed E-state index contributed by atoms with van der Waals surface area (Å²) in [5, 5.41) is 8.63. The zero-order valence-corrected chi connectivity index (χ0v) is 13.0. The van der Waals surface area contributed by atoms with Crippen LogP contribution in [0.5, 0.6) is 0 Å². The predicted octanol–water partition coefficient (Wildman–Crippen LogP) is 3.75. The van der Waals surface area contributed by atoms with E-state index in [2.05, 4.69) is 30.3 Å². The molecule has 0 spiro atoms. The van der Waals surface area contributed by atoms with Gasteiger partial charge in [0.15, 0.2) is 0 Å². The van der Waals surface area contributed by atoms with E-state index in [1.54, 1.807) is 0 Å². The van der Waals surface area contributed by atoms with Gasteiger partial charge < -0.3 is 10.3 Å². The van der Waals surface area contributed by atoms with Crippen LogP contribution in [0.25, 0.3) is 6.08 Å². The summed E-state index contributed by atoms with van der Waals surface area (Å²) >= 11 is 0. The molecule has 2 heterocycles. The highest BCUT2D eigenvalue weighted by Gasteiger charge is 2.53. The first kappa shape index (κ1) is 13.9. The normalized spacial score (nSPS) is 22.7. The minimum Gasteiger partial charge on any atom is -0.306 e. The fourth-order valence-corrected chi connectivity index (χ4v) is 3.97. The van der Waals surface area contributed by atoms with Crippen molar-refractivity contribution in [1.29, 1.82) is 5.41 Å². The maximum atomic E-state index is 12.6. The minimum atomic E-state index is -0.673. The molecule has 1 N–H and O–H groups in total. The highest BCUT2D eigenvalue weighted by atomic mass is 16.2. The van der Waals surface area contributed by atoms with Crippen LogP contribution in [-0.2, 0) is 16.8 Å². The fraction of sp³-hybridized carbons (Fsp3) is 0.200. The van der Waals surface area contributed by atoms with E-state index in [4.69, 9.17) is 5.41 Å². The standard InChI is InChI=1S/C20H18N2O/c1-14-11-16-9-5-6-10-17(16)20(13-15-7-3-2-4-8-15)18(21)12-19(23)22(14)20/h2-11,21H,12-13H2,1H3. The molecule has 2 aromatic carbocycles. The van der Waals surface area contributed by atoms with Crippen molar-refractivity contribution in [3.63, 3.8) is 0 Å². The maximum absolute atomic E-state index is 12.6. The Morgan fingerprint density at radius 1 is 1.09 bits per heavy atom.